The number of likely N-dealkylation sites (tertiary alicyclic amines) is 1. The standard InChI is InChI=1S/C12H16F2N2/c1-16-6-2-3-10(8-16)15-12-5-4-9(13)7-11(12)14/h4-5,7,10,15H,2-3,6,8H2,1H3. The normalized spacial score (nSPS) is 22.1. The van der Waals surface area contributed by atoms with E-state index in [1.54, 1.807) is 0 Å². The monoisotopic (exact) mass is 226 g/mol. The van der Waals surface area contributed by atoms with Gasteiger partial charge in [-0.1, -0.05) is 0 Å². The molecule has 1 aliphatic heterocycles. The molecule has 1 fully saturated rings. The zero-order chi connectivity index (χ0) is 11.5. The van der Waals surface area contributed by atoms with Gasteiger partial charge in [-0.3, -0.25) is 0 Å². The van der Waals surface area contributed by atoms with Gasteiger partial charge in [-0.25, -0.2) is 8.78 Å². The largest absolute Gasteiger partial charge is 0.379 e. The third kappa shape index (κ3) is 2.70. The zero-order valence-corrected chi connectivity index (χ0v) is 9.34. The fourth-order valence-electron chi connectivity index (χ4n) is 2.11. The van der Waals surface area contributed by atoms with E-state index < -0.39 is 11.6 Å². The molecule has 0 spiro atoms. The molecule has 0 aliphatic carbocycles. The molecule has 1 atom stereocenters. The lowest BCUT2D eigenvalue weighted by atomic mass is 10.1. The first kappa shape index (κ1) is 11.3. The molecule has 1 aromatic carbocycles. The predicted octanol–water partition coefficient (Wildman–Crippen LogP) is 2.47. The molecule has 1 aromatic rings. The maximum absolute atomic E-state index is 13.4. The van der Waals surface area contributed by atoms with Crippen molar-refractivity contribution in [2.24, 2.45) is 0 Å². The summed E-state index contributed by atoms with van der Waals surface area (Å²) < 4.78 is 26.1. The quantitative estimate of drug-likeness (QED) is 0.833. The van der Waals surface area contributed by atoms with Crippen LogP contribution < -0.4 is 5.32 Å². The Morgan fingerprint density at radius 1 is 1.38 bits per heavy atom. The summed E-state index contributed by atoms with van der Waals surface area (Å²) in [4.78, 5) is 2.21. The molecule has 2 nitrogen and oxygen atoms in total. The molecule has 2 rings (SSSR count). The van der Waals surface area contributed by atoms with Gasteiger partial charge in [0, 0.05) is 18.7 Å². The number of halogens is 2. The molecule has 1 saturated heterocycles. The Hall–Kier alpha value is -1.16. The second-order valence-corrected chi connectivity index (χ2v) is 4.37. The third-order valence-corrected chi connectivity index (χ3v) is 2.92. The van der Waals surface area contributed by atoms with Crippen LogP contribution in [0.1, 0.15) is 12.8 Å². The van der Waals surface area contributed by atoms with E-state index in [1.807, 2.05) is 0 Å². The van der Waals surface area contributed by atoms with Crippen molar-refractivity contribution in [2.75, 3.05) is 25.5 Å². The van der Waals surface area contributed by atoms with Gasteiger partial charge < -0.3 is 10.2 Å². The van der Waals surface area contributed by atoms with Crippen molar-refractivity contribution in [3.63, 3.8) is 0 Å². The number of anilines is 1. The van der Waals surface area contributed by atoms with E-state index in [1.165, 1.54) is 12.1 Å². The van der Waals surface area contributed by atoms with Crippen LogP contribution in [0.25, 0.3) is 0 Å². The summed E-state index contributed by atoms with van der Waals surface area (Å²) in [6, 6.07) is 3.89. The Labute approximate surface area is 94.3 Å². The summed E-state index contributed by atoms with van der Waals surface area (Å²) in [7, 11) is 2.05. The van der Waals surface area contributed by atoms with Crippen LogP contribution in [0.4, 0.5) is 14.5 Å². The van der Waals surface area contributed by atoms with Gasteiger partial charge in [0.15, 0.2) is 0 Å². The summed E-state index contributed by atoms with van der Waals surface area (Å²) in [5.41, 5.74) is 0.390. The fourth-order valence-corrected chi connectivity index (χ4v) is 2.11. The first-order valence-electron chi connectivity index (χ1n) is 5.55. The number of nitrogens with zero attached hydrogens (tertiary/aromatic N) is 1. The number of piperidine rings is 1. The Morgan fingerprint density at radius 2 is 2.19 bits per heavy atom. The summed E-state index contributed by atoms with van der Waals surface area (Å²) in [6.45, 7) is 1.99. The first-order valence-corrected chi connectivity index (χ1v) is 5.55. The Balaban J connectivity index is 2.02. The molecular weight excluding hydrogens is 210 g/mol. The van der Waals surface area contributed by atoms with Crippen LogP contribution in [0, 0.1) is 11.6 Å². The summed E-state index contributed by atoms with van der Waals surface area (Å²) in [6.07, 6.45) is 2.14. The molecule has 1 N–H and O–H groups in total. The number of hydrogen-bond donors (Lipinski definition) is 1. The summed E-state index contributed by atoms with van der Waals surface area (Å²) in [5.74, 6) is -1.06. The predicted molar refractivity (Wildman–Crippen MR) is 60.5 cm³/mol. The van der Waals surface area contributed by atoms with Gasteiger partial charge in [0.1, 0.15) is 11.6 Å². The minimum Gasteiger partial charge on any atom is -0.379 e. The maximum atomic E-state index is 13.4. The van der Waals surface area contributed by atoms with Crippen LogP contribution in [0.15, 0.2) is 18.2 Å². The molecule has 1 heterocycles. The van der Waals surface area contributed by atoms with Gasteiger partial charge in [0.05, 0.1) is 5.69 Å². The Bertz CT molecular complexity index is 368. The third-order valence-electron chi connectivity index (χ3n) is 2.92. The number of benzene rings is 1. The average molecular weight is 226 g/mol. The molecule has 1 aliphatic rings. The lowest BCUT2D eigenvalue weighted by Gasteiger charge is -2.30. The second-order valence-electron chi connectivity index (χ2n) is 4.37. The average Bonchev–Trinajstić information content (AvgIpc) is 2.22. The lowest BCUT2D eigenvalue weighted by molar-refractivity contribution is 0.260. The SMILES string of the molecule is CN1CCCC(Nc2ccc(F)cc2F)C1. The van der Waals surface area contributed by atoms with Gasteiger partial charge in [0.2, 0.25) is 0 Å². The highest BCUT2D eigenvalue weighted by Gasteiger charge is 2.17. The number of rotatable bonds is 2. The van der Waals surface area contributed by atoms with Crippen LogP contribution >= 0.6 is 0 Å². The van der Waals surface area contributed by atoms with Crippen molar-refractivity contribution in [1.82, 2.24) is 4.90 Å². The molecule has 88 valence electrons. The second kappa shape index (κ2) is 4.78. The van der Waals surface area contributed by atoms with Gasteiger partial charge in [-0.05, 0) is 38.6 Å². The van der Waals surface area contributed by atoms with Crippen molar-refractivity contribution in [3.8, 4) is 0 Å². The number of nitrogens with one attached hydrogen (secondary N) is 1. The van der Waals surface area contributed by atoms with Crippen LogP contribution in [-0.4, -0.2) is 31.1 Å². The lowest BCUT2D eigenvalue weighted by Crippen LogP contribution is -2.39. The van der Waals surface area contributed by atoms with Crippen molar-refractivity contribution in [2.45, 2.75) is 18.9 Å². The molecule has 4 heteroatoms. The van der Waals surface area contributed by atoms with Crippen LogP contribution in [0.5, 0.6) is 0 Å². The molecule has 0 saturated carbocycles. The van der Waals surface area contributed by atoms with Gasteiger partial charge in [-0.15, -0.1) is 0 Å². The highest BCUT2D eigenvalue weighted by molar-refractivity contribution is 5.45. The molecule has 0 amide bonds. The molecule has 0 radical (unpaired) electrons. The van der Waals surface area contributed by atoms with Gasteiger partial charge >= 0.3 is 0 Å². The minimum atomic E-state index is -0.538. The van der Waals surface area contributed by atoms with E-state index in [9.17, 15) is 8.78 Å². The van der Waals surface area contributed by atoms with E-state index in [0.717, 1.165) is 32.0 Å². The molecular formula is C12H16F2N2. The minimum absolute atomic E-state index is 0.249. The smallest absolute Gasteiger partial charge is 0.149 e. The number of hydrogen-bond acceptors (Lipinski definition) is 2. The van der Waals surface area contributed by atoms with Crippen molar-refractivity contribution >= 4 is 5.69 Å². The van der Waals surface area contributed by atoms with Gasteiger partial charge in [-0.2, -0.15) is 0 Å². The van der Waals surface area contributed by atoms with Crippen LogP contribution in [0.2, 0.25) is 0 Å². The molecule has 1 unspecified atom stereocenters. The van der Waals surface area contributed by atoms with E-state index in [4.69, 9.17) is 0 Å². The van der Waals surface area contributed by atoms with E-state index in [2.05, 4.69) is 17.3 Å². The highest BCUT2D eigenvalue weighted by Crippen LogP contribution is 2.19. The fraction of sp³-hybridized carbons (Fsp3) is 0.500. The van der Waals surface area contributed by atoms with E-state index >= 15 is 0 Å². The molecule has 0 aromatic heterocycles. The molecule has 0 bridgehead atoms. The van der Waals surface area contributed by atoms with Crippen molar-refractivity contribution in [1.29, 1.82) is 0 Å². The van der Waals surface area contributed by atoms with Crippen molar-refractivity contribution in [3.05, 3.63) is 29.8 Å². The maximum Gasteiger partial charge on any atom is 0.149 e. The topological polar surface area (TPSA) is 15.3 Å². The van der Waals surface area contributed by atoms with E-state index in [-0.39, 0.29) is 6.04 Å². The number of likely N-dealkylation sites (N-methyl/N-ethyl adjacent to an activating group) is 1. The summed E-state index contributed by atoms with van der Waals surface area (Å²) >= 11 is 0. The van der Waals surface area contributed by atoms with Crippen LogP contribution in [-0.2, 0) is 0 Å². The highest BCUT2D eigenvalue weighted by atomic mass is 19.1. The Kier molecular flexibility index (Phi) is 3.39. The Morgan fingerprint density at radius 3 is 2.88 bits per heavy atom. The van der Waals surface area contributed by atoms with Crippen LogP contribution in [0.3, 0.4) is 0 Å². The van der Waals surface area contributed by atoms with Gasteiger partial charge in [0.25, 0.3) is 0 Å². The zero-order valence-electron chi connectivity index (χ0n) is 9.34. The summed E-state index contributed by atoms with van der Waals surface area (Å²) in [5, 5.41) is 3.12. The first-order chi connectivity index (χ1) is 7.65. The van der Waals surface area contributed by atoms with E-state index in [0.29, 0.717) is 5.69 Å². The molecule has 16 heavy (non-hydrogen) atoms. The van der Waals surface area contributed by atoms with Crippen molar-refractivity contribution < 1.29 is 8.78 Å².